The van der Waals surface area contributed by atoms with Crippen LogP contribution in [0.3, 0.4) is 0 Å². The topological polar surface area (TPSA) is 85.8 Å². The highest BCUT2D eigenvalue weighted by molar-refractivity contribution is 5.95. The molecule has 1 amide bonds. The van der Waals surface area contributed by atoms with Gasteiger partial charge in [-0.05, 0) is 43.7 Å². The van der Waals surface area contributed by atoms with E-state index < -0.39 is 0 Å². The van der Waals surface area contributed by atoms with Gasteiger partial charge in [0.2, 0.25) is 5.91 Å². The van der Waals surface area contributed by atoms with E-state index in [1.54, 1.807) is 10.9 Å². The van der Waals surface area contributed by atoms with Crippen molar-refractivity contribution in [2.45, 2.75) is 44.1 Å². The van der Waals surface area contributed by atoms with Gasteiger partial charge in [-0.2, -0.15) is 5.10 Å². The Morgan fingerprint density at radius 3 is 2.79 bits per heavy atom. The highest BCUT2D eigenvalue weighted by atomic mass is 16.1. The Bertz CT molecular complexity index is 746. The average molecular weight is 325 g/mol. The quantitative estimate of drug-likeness (QED) is 0.888. The fourth-order valence-electron chi connectivity index (χ4n) is 4.19. The van der Waals surface area contributed by atoms with E-state index in [1.165, 1.54) is 5.56 Å². The third kappa shape index (κ3) is 2.60. The van der Waals surface area contributed by atoms with E-state index in [0.717, 1.165) is 42.8 Å². The molecule has 1 fully saturated rings. The molecule has 3 N–H and O–H groups in total. The molecule has 0 aromatic carbocycles. The Morgan fingerprint density at radius 2 is 2.08 bits per heavy atom. The first-order chi connectivity index (χ1) is 11.6. The molecule has 1 aliphatic heterocycles. The minimum absolute atomic E-state index is 0.0862. The highest BCUT2D eigenvalue weighted by Crippen LogP contribution is 2.46. The van der Waals surface area contributed by atoms with E-state index in [2.05, 4.69) is 10.3 Å². The summed E-state index contributed by atoms with van der Waals surface area (Å²) in [7, 11) is 1.89. The van der Waals surface area contributed by atoms with Crippen molar-refractivity contribution >= 4 is 11.7 Å². The molecule has 0 spiro atoms. The van der Waals surface area contributed by atoms with Gasteiger partial charge in [-0.25, -0.2) is 0 Å². The maximum absolute atomic E-state index is 12.3. The molecule has 24 heavy (non-hydrogen) atoms. The van der Waals surface area contributed by atoms with E-state index in [0.29, 0.717) is 18.4 Å². The smallest absolute Gasteiger partial charge is 0.226 e. The number of anilines is 1. The number of aromatic nitrogens is 3. The molecule has 0 unspecified atom stereocenters. The predicted octanol–water partition coefficient (Wildman–Crippen LogP) is 2.43. The minimum atomic E-state index is 0.0862. The Kier molecular flexibility index (Phi) is 3.84. The second-order valence-corrected chi connectivity index (χ2v) is 7.01. The van der Waals surface area contributed by atoms with Gasteiger partial charge in [-0.1, -0.05) is 0 Å². The second-order valence-electron chi connectivity index (χ2n) is 7.01. The number of rotatable bonds is 2. The standard InChI is InChI=1S/C18H23N5O/c1-23-18-16(17(22-23)12-3-2-8-20-10-12)14(9-15(24)21-18)11-4-6-13(19)7-5-11/h2-3,8,10-11,13-14H,4-7,9,19H2,1H3,(H,21,24)/t11?,13?,14-/m1/s1. The molecule has 6 nitrogen and oxygen atoms in total. The summed E-state index contributed by atoms with van der Waals surface area (Å²) in [6, 6.07) is 4.26. The molecule has 4 rings (SSSR count). The van der Waals surface area contributed by atoms with Crippen LogP contribution in [0, 0.1) is 5.92 Å². The fraction of sp³-hybridized carbons (Fsp3) is 0.500. The van der Waals surface area contributed by atoms with E-state index in [1.807, 2.05) is 25.4 Å². The van der Waals surface area contributed by atoms with Gasteiger partial charge in [-0.3, -0.25) is 14.5 Å². The molecular formula is C18H23N5O. The number of nitrogens with two attached hydrogens (primary N) is 1. The molecule has 1 atom stereocenters. The number of nitrogens with zero attached hydrogens (tertiary/aromatic N) is 3. The van der Waals surface area contributed by atoms with E-state index in [9.17, 15) is 4.79 Å². The number of aryl methyl sites for hydroxylation is 1. The summed E-state index contributed by atoms with van der Waals surface area (Å²) >= 11 is 0. The molecule has 2 aromatic heterocycles. The lowest BCUT2D eigenvalue weighted by Gasteiger charge is -2.35. The van der Waals surface area contributed by atoms with Gasteiger partial charge < -0.3 is 11.1 Å². The lowest BCUT2D eigenvalue weighted by Crippen LogP contribution is -2.33. The predicted molar refractivity (Wildman–Crippen MR) is 92.4 cm³/mol. The first-order valence-electron chi connectivity index (χ1n) is 8.66. The molecule has 6 heteroatoms. The molecule has 2 aliphatic rings. The number of fused-ring (bicyclic) bond motifs is 1. The van der Waals surface area contributed by atoms with Crippen LogP contribution in [0.2, 0.25) is 0 Å². The van der Waals surface area contributed by atoms with Gasteiger partial charge in [0.05, 0.1) is 5.69 Å². The Balaban J connectivity index is 1.78. The van der Waals surface area contributed by atoms with Crippen LogP contribution in [0.5, 0.6) is 0 Å². The minimum Gasteiger partial charge on any atom is -0.328 e. The number of carbonyl (C=O) groups excluding carboxylic acids is 1. The zero-order valence-corrected chi connectivity index (χ0v) is 13.9. The van der Waals surface area contributed by atoms with Crippen molar-refractivity contribution in [3.63, 3.8) is 0 Å². The van der Waals surface area contributed by atoms with Crippen molar-refractivity contribution < 1.29 is 4.79 Å². The Morgan fingerprint density at radius 1 is 1.29 bits per heavy atom. The van der Waals surface area contributed by atoms with Gasteiger partial charge in [-0.15, -0.1) is 0 Å². The molecule has 126 valence electrons. The summed E-state index contributed by atoms with van der Waals surface area (Å²) in [5.41, 5.74) is 9.19. The second kappa shape index (κ2) is 6.02. The van der Waals surface area contributed by atoms with Gasteiger partial charge in [0, 0.05) is 48.9 Å². The summed E-state index contributed by atoms with van der Waals surface area (Å²) in [5.74, 6) is 1.63. The van der Waals surface area contributed by atoms with Crippen LogP contribution >= 0.6 is 0 Å². The molecule has 0 radical (unpaired) electrons. The zero-order valence-electron chi connectivity index (χ0n) is 13.9. The molecular weight excluding hydrogens is 302 g/mol. The van der Waals surface area contributed by atoms with Crippen molar-refractivity contribution in [2.24, 2.45) is 18.7 Å². The van der Waals surface area contributed by atoms with Crippen molar-refractivity contribution in [2.75, 3.05) is 5.32 Å². The van der Waals surface area contributed by atoms with Crippen LogP contribution in [0.4, 0.5) is 5.82 Å². The first kappa shape index (κ1) is 15.3. The molecule has 1 saturated carbocycles. The van der Waals surface area contributed by atoms with Crippen molar-refractivity contribution in [3.05, 3.63) is 30.1 Å². The highest BCUT2D eigenvalue weighted by Gasteiger charge is 2.37. The Hall–Kier alpha value is -2.21. The monoisotopic (exact) mass is 325 g/mol. The van der Waals surface area contributed by atoms with Crippen molar-refractivity contribution in [1.29, 1.82) is 0 Å². The normalized spacial score (nSPS) is 26.8. The Labute approximate surface area is 141 Å². The largest absolute Gasteiger partial charge is 0.328 e. The SMILES string of the molecule is Cn1nc(-c2cccnc2)c2c1NC(=O)C[C@@H]2C1CCC(N)CC1. The number of amides is 1. The summed E-state index contributed by atoms with van der Waals surface area (Å²) in [5, 5.41) is 7.71. The zero-order chi connectivity index (χ0) is 16.7. The van der Waals surface area contributed by atoms with Crippen LogP contribution in [0.15, 0.2) is 24.5 Å². The van der Waals surface area contributed by atoms with Gasteiger partial charge in [0.25, 0.3) is 0 Å². The molecule has 0 bridgehead atoms. The summed E-state index contributed by atoms with van der Waals surface area (Å²) in [4.78, 5) is 16.5. The summed E-state index contributed by atoms with van der Waals surface area (Å²) < 4.78 is 1.79. The number of carbonyl (C=O) groups is 1. The van der Waals surface area contributed by atoms with Crippen molar-refractivity contribution in [3.8, 4) is 11.3 Å². The maximum atomic E-state index is 12.3. The number of hydrogen-bond donors (Lipinski definition) is 2. The third-order valence-corrected chi connectivity index (χ3v) is 5.44. The van der Waals surface area contributed by atoms with Crippen LogP contribution in [0.1, 0.15) is 43.6 Å². The third-order valence-electron chi connectivity index (χ3n) is 5.44. The lowest BCUT2D eigenvalue weighted by atomic mass is 9.72. The van der Waals surface area contributed by atoms with E-state index in [-0.39, 0.29) is 11.8 Å². The van der Waals surface area contributed by atoms with Crippen LogP contribution in [-0.4, -0.2) is 26.7 Å². The molecule has 1 aliphatic carbocycles. The number of nitrogens with one attached hydrogen (secondary N) is 1. The lowest BCUT2D eigenvalue weighted by molar-refractivity contribution is -0.117. The summed E-state index contributed by atoms with van der Waals surface area (Å²) in [6.07, 6.45) is 8.39. The van der Waals surface area contributed by atoms with Crippen LogP contribution in [-0.2, 0) is 11.8 Å². The average Bonchev–Trinajstić information content (AvgIpc) is 2.93. The number of hydrogen-bond acceptors (Lipinski definition) is 4. The first-order valence-corrected chi connectivity index (χ1v) is 8.66. The molecule has 0 saturated heterocycles. The van der Waals surface area contributed by atoms with Crippen LogP contribution in [0.25, 0.3) is 11.3 Å². The summed E-state index contributed by atoms with van der Waals surface area (Å²) in [6.45, 7) is 0. The van der Waals surface area contributed by atoms with Gasteiger partial charge in [0.1, 0.15) is 5.82 Å². The number of pyridine rings is 1. The molecule has 2 aromatic rings. The van der Waals surface area contributed by atoms with Crippen LogP contribution < -0.4 is 11.1 Å². The molecule has 3 heterocycles. The van der Waals surface area contributed by atoms with Crippen molar-refractivity contribution in [1.82, 2.24) is 14.8 Å². The van der Waals surface area contributed by atoms with E-state index in [4.69, 9.17) is 10.8 Å². The van der Waals surface area contributed by atoms with Gasteiger partial charge in [0.15, 0.2) is 0 Å². The van der Waals surface area contributed by atoms with Gasteiger partial charge >= 0.3 is 0 Å². The fourth-order valence-corrected chi connectivity index (χ4v) is 4.19. The maximum Gasteiger partial charge on any atom is 0.226 e. The van der Waals surface area contributed by atoms with E-state index >= 15 is 0 Å².